The van der Waals surface area contributed by atoms with Crippen LogP contribution in [0.3, 0.4) is 0 Å². The highest BCUT2D eigenvalue weighted by atomic mass is 16.6. The predicted molar refractivity (Wildman–Crippen MR) is 237 cm³/mol. The fourth-order valence-corrected chi connectivity index (χ4v) is 5.84. The lowest BCUT2D eigenvalue weighted by Crippen LogP contribution is -2.58. The molecule has 0 aliphatic carbocycles. The van der Waals surface area contributed by atoms with Gasteiger partial charge in [-0.05, 0) is 31.2 Å². The van der Waals surface area contributed by atoms with Crippen LogP contribution >= 0.6 is 0 Å². The van der Waals surface area contributed by atoms with Gasteiger partial charge in [0.2, 0.25) is 35.4 Å². The SMILES string of the molecule is CC[C@@H](C)[C@@H](OC(=O)[C@@H](C)NC(=O)COC(=O)[C@@H](Cc1ccccc1)NC(=O)[C@@H](CC(N)=O)NC(=O)[C@@H](CC(N)=O)NC(=O)[C@H](N)CO)C(=O)N[C@H](CC(C)C)C(=O)OCC(=O)N[C@H](CO)C(N)=O. The van der Waals surface area contributed by atoms with E-state index in [1.165, 1.54) is 6.92 Å². The zero-order valence-electron chi connectivity index (χ0n) is 38.9. The molecule has 0 aromatic heterocycles. The van der Waals surface area contributed by atoms with Crippen LogP contribution in [-0.4, -0.2) is 156 Å². The van der Waals surface area contributed by atoms with Crippen LogP contribution in [0.1, 0.15) is 65.9 Å². The summed E-state index contributed by atoms with van der Waals surface area (Å²) in [6.07, 6.45) is -3.13. The minimum Gasteiger partial charge on any atom is -0.454 e. The Hall–Kier alpha value is -7.26. The van der Waals surface area contributed by atoms with E-state index < -0.39 is 165 Å². The number of rotatable bonds is 31. The van der Waals surface area contributed by atoms with Crippen LogP contribution in [0.4, 0.5) is 0 Å². The van der Waals surface area contributed by atoms with Crippen molar-refractivity contribution in [1.29, 1.82) is 0 Å². The highest BCUT2D eigenvalue weighted by Gasteiger charge is 2.36. The Morgan fingerprint density at radius 1 is 0.580 bits per heavy atom. The number of aliphatic hydroxyl groups is 2. The van der Waals surface area contributed by atoms with E-state index in [2.05, 4.69) is 31.9 Å². The van der Waals surface area contributed by atoms with Gasteiger partial charge in [0.25, 0.3) is 17.7 Å². The number of nitrogens with two attached hydrogens (primary N) is 4. The standard InChI is InChI=1S/C42H64N10O17/c1-6-21(4)34(39(63)52-27(12-20(2)3)41(65)68-19-33(58)48-29(17-54)35(46)59)69-40(64)22(5)47-32(57)18-67-42(66)28(13-23-10-8-7-9-11-23)51-38(62)26(15-31(45)56)50-37(61)25(14-30(44)55)49-36(60)24(43)16-53/h7-11,20-22,24-29,34,53-54H,6,12-19,43H2,1-5H3,(H2,44,55)(H2,45,56)(H2,46,59)(H,47,57)(H,48,58)(H,49,60)(H,50,61)(H,51,62)(H,52,63)/t21-,22-,24-,25-,26-,27-,28-,29-,34-/m1/s1. The van der Waals surface area contributed by atoms with Crippen LogP contribution in [-0.2, 0) is 78.2 Å². The van der Waals surface area contributed by atoms with E-state index in [0.29, 0.717) is 12.0 Å². The number of amides is 9. The molecule has 0 saturated carbocycles. The summed E-state index contributed by atoms with van der Waals surface area (Å²) in [5.41, 5.74) is 21.5. The predicted octanol–water partition coefficient (Wildman–Crippen LogP) is -6.20. The molecule has 1 rings (SSSR count). The summed E-state index contributed by atoms with van der Waals surface area (Å²) in [6, 6.07) is -2.85. The maximum absolute atomic E-state index is 13.6. The number of hydrogen-bond donors (Lipinski definition) is 12. The molecule has 9 amide bonds. The first-order valence-electron chi connectivity index (χ1n) is 21.5. The van der Waals surface area contributed by atoms with E-state index in [4.69, 9.17) is 37.1 Å². The van der Waals surface area contributed by atoms with Crippen molar-refractivity contribution in [1.82, 2.24) is 31.9 Å². The van der Waals surface area contributed by atoms with Crippen LogP contribution < -0.4 is 54.8 Å². The number of benzene rings is 1. The van der Waals surface area contributed by atoms with E-state index in [-0.39, 0.29) is 18.8 Å². The van der Waals surface area contributed by atoms with E-state index in [1.54, 1.807) is 58.0 Å². The topological polar surface area (TPSA) is 449 Å². The zero-order valence-corrected chi connectivity index (χ0v) is 38.9. The van der Waals surface area contributed by atoms with Crippen molar-refractivity contribution in [2.45, 2.75) is 115 Å². The number of nitrogens with one attached hydrogen (secondary N) is 6. The monoisotopic (exact) mass is 980 g/mol. The van der Waals surface area contributed by atoms with Gasteiger partial charge in [0, 0.05) is 12.3 Å². The molecule has 0 aliphatic heterocycles. The number of carbonyl (C=O) groups excluding carboxylic acids is 12. The van der Waals surface area contributed by atoms with Gasteiger partial charge >= 0.3 is 17.9 Å². The molecule has 9 atom stereocenters. The van der Waals surface area contributed by atoms with Crippen LogP contribution in [0.2, 0.25) is 0 Å². The highest BCUT2D eigenvalue weighted by molar-refractivity contribution is 5.98. The lowest BCUT2D eigenvalue weighted by molar-refractivity contribution is -0.163. The fraction of sp³-hybridized carbons (Fsp3) is 0.571. The Kier molecular flexibility index (Phi) is 26.1. The van der Waals surface area contributed by atoms with Gasteiger partial charge in [-0.15, -0.1) is 0 Å². The van der Waals surface area contributed by atoms with Crippen molar-refractivity contribution in [2.75, 3.05) is 26.4 Å². The molecule has 69 heavy (non-hydrogen) atoms. The molecule has 0 saturated heterocycles. The Bertz CT molecular complexity index is 1990. The summed E-state index contributed by atoms with van der Waals surface area (Å²) in [6.45, 7) is 4.35. The van der Waals surface area contributed by atoms with E-state index in [0.717, 1.165) is 0 Å². The minimum absolute atomic E-state index is 0.0158. The number of primary amides is 3. The van der Waals surface area contributed by atoms with Gasteiger partial charge in [-0.1, -0.05) is 58.0 Å². The Labute approximate surface area is 396 Å². The van der Waals surface area contributed by atoms with Gasteiger partial charge < -0.3 is 79.3 Å². The van der Waals surface area contributed by atoms with Crippen LogP contribution in [0.15, 0.2) is 30.3 Å². The molecule has 384 valence electrons. The van der Waals surface area contributed by atoms with E-state index in [9.17, 15) is 67.7 Å². The number of esters is 3. The Balaban J connectivity index is 3.14. The van der Waals surface area contributed by atoms with Crippen LogP contribution in [0.5, 0.6) is 0 Å². The maximum atomic E-state index is 13.6. The molecule has 1 aromatic rings. The smallest absolute Gasteiger partial charge is 0.329 e. The van der Waals surface area contributed by atoms with Crippen LogP contribution in [0, 0.1) is 11.8 Å². The van der Waals surface area contributed by atoms with Gasteiger partial charge in [-0.3, -0.25) is 43.2 Å². The van der Waals surface area contributed by atoms with Crippen LogP contribution in [0.25, 0.3) is 0 Å². The summed E-state index contributed by atoms with van der Waals surface area (Å²) in [4.78, 5) is 152. The van der Waals surface area contributed by atoms with E-state index in [1.807, 2.05) is 0 Å². The molecule has 0 aliphatic rings. The van der Waals surface area contributed by atoms with Gasteiger partial charge in [0.15, 0.2) is 19.3 Å². The second-order valence-corrected chi connectivity index (χ2v) is 16.1. The van der Waals surface area contributed by atoms with Crippen molar-refractivity contribution in [3.05, 3.63) is 35.9 Å². The third-order valence-electron chi connectivity index (χ3n) is 9.75. The van der Waals surface area contributed by atoms with Crippen molar-refractivity contribution in [3.8, 4) is 0 Å². The third-order valence-corrected chi connectivity index (χ3v) is 9.75. The minimum atomic E-state index is -1.82. The second kappa shape index (κ2) is 30.2. The Morgan fingerprint density at radius 2 is 1.06 bits per heavy atom. The summed E-state index contributed by atoms with van der Waals surface area (Å²) in [7, 11) is 0. The molecular weight excluding hydrogens is 917 g/mol. The van der Waals surface area contributed by atoms with Gasteiger partial charge in [-0.2, -0.15) is 0 Å². The maximum Gasteiger partial charge on any atom is 0.329 e. The third kappa shape index (κ3) is 22.4. The number of hydrogen-bond acceptors (Lipinski definition) is 18. The average molecular weight is 981 g/mol. The summed E-state index contributed by atoms with van der Waals surface area (Å²) < 4.78 is 15.7. The largest absolute Gasteiger partial charge is 0.454 e. The highest BCUT2D eigenvalue weighted by Crippen LogP contribution is 2.16. The van der Waals surface area contributed by atoms with Crippen molar-refractivity contribution >= 4 is 71.1 Å². The zero-order chi connectivity index (χ0) is 52.5. The van der Waals surface area contributed by atoms with Gasteiger partial charge in [0.1, 0.15) is 42.3 Å². The lowest BCUT2D eigenvalue weighted by atomic mass is 9.99. The molecule has 0 heterocycles. The number of carbonyl (C=O) groups is 12. The normalized spacial score (nSPS) is 14.8. The quantitative estimate of drug-likeness (QED) is 0.0243. The van der Waals surface area contributed by atoms with Gasteiger partial charge in [0.05, 0.1) is 26.1 Å². The number of aliphatic hydroxyl groups excluding tert-OH is 2. The molecule has 0 fully saturated rings. The molecule has 27 nitrogen and oxygen atoms in total. The summed E-state index contributed by atoms with van der Waals surface area (Å²) in [5.74, 6) is -13.8. The first-order chi connectivity index (χ1) is 32.3. The van der Waals surface area contributed by atoms with Crippen molar-refractivity contribution in [2.24, 2.45) is 34.8 Å². The molecule has 0 bridgehead atoms. The van der Waals surface area contributed by atoms with Crippen molar-refractivity contribution < 1.29 is 82.0 Å². The molecule has 1 aromatic carbocycles. The summed E-state index contributed by atoms with van der Waals surface area (Å²) >= 11 is 0. The first-order valence-corrected chi connectivity index (χ1v) is 21.5. The van der Waals surface area contributed by atoms with Gasteiger partial charge in [-0.25, -0.2) is 14.4 Å². The number of ether oxygens (including phenoxy) is 3. The second-order valence-electron chi connectivity index (χ2n) is 16.1. The fourth-order valence-electron chi connectivity index (χ4n) is 5.84. The molecule has 16 N–H and O–H groups in total. The Morgan fingerprint density at radius 3 is 1.52 bits per heavy atom. The lowest BCUT2D eigenvalue weighted by Gasteiger charge is -2.27. The summed E-state index contributed by atoms with van der Waals surface area (Å²) in [5, 5.41) is 31.8. The molecular formula is C42H64N10O17. The van der Waals surface area contributed by atoms with Crippen molar-refractivity contribution in [3.63, 3.8) is 0 Å². The molecule has 0 spiro atoms. The average Bonchev–Trinajstić information content (AvgIpc) is 3.28. The first kappa shape index (κ1) is 59.8. The molecule has 0 radical (unpaired) electrons. The molecule has 27 heteroatoms. The van der Waals surface area contributed by atoms with E-state index >= 15 is 0 Å². The molecule has 0 unspecified atom stereocenters.